The number of aliphatic hydroxyl groups is 1. The Morgan fingerprint density at radius 1 is 1.18 bits per heavy atom. The van der Waals surface area contributed by atoms with E-state index in [1.807, 2.05) is 12.1 Å². The van der Waals surface area contributed by atoms with Gasteiger partial charge in [-0.2, -0.15) is 5.10 Å². The van der Waals surface area contributed by atoms with E-state index in [0.717, 1.165) is 5.56 Å². The lowest BCUT2D eigenvalue weighted by molar-refractivity contribution is 0.0515. The van der Waals surface area contributed by atoms with Crippen LogP contribution in [0, 0.1) is 0 Å². The van der Waals surface area contributed by atoms with Gasteiger partial charge in [0.2, 0.25) is 0 Å². The van der Waals surface area contributed by atoms with Gasteiger partial charge in [-0.3, -0.25) is 0 Å². The maximum absolute atomic E-state index is 12.4. The Morgan fingerprint density at radius 3 is 2.46 bits per heavy atom. The number of carbonyl (C=O) groups excluding carboxylic acids is 1. The second-order valence-electron chi connectivity index (χ2n) is 5.79. The molecule has 8 heteroatoms. The molecule has 1 heterocycles. The minimum Gasteiger partial charge on any atom is -0.497 e. The summed E-state index contributed by atoms with van der Waals surface area (Å²) >= 11 is 12.4. The van der Waals surface area contributed by atoms with Gasteiger partial charge in [-0.25, -0.2) is 9.48 Å². The van der Waals surface area contributed by atoms with Crippen LogP contribution in [0.2, 0.25) is 10.0 Å². The van der Waals surface area contributed by atoms with Crippen LogP contribution < -0.4 is 4.74 Å². The van der Waals surface area contributed by atoms with Crippen molar-refractivity contribution < 1.29 is 19.4 Å². The van der Waals surface area contributed by atoms with Crippen molar-refractivity contribution in [3.8, 4) is 22.7 Å². The van der Waals surface area contributed by atoms with E-state index in [4.69, 9.17) is 32.7 Å². The van der Waals surface area contributed by atoms with Crippen molar-refractivity contribution in [1.82, 2.24) is 9.78 Å². The smallest absolute Gasteiger partial charge is 0.359 e. The molecule has 0 bridgehead atoms. The number of methoxy groups -OCH3 is 1. The van der Waals surface area contributed by atoms with Gasteiger partial charge in [0.15, 0.2) is 5.69 Å². The molecule has 0 amide bonds. The molecule has 0 fully saturated rings. The molecule has 6 nitrogen and oxygen atoms in total. The molecule has 0 spiro atoms. The third-order valence-electron chi connectivity index (χ3n) is 4.11. The lowest BCUT2D eigenvalue weighted by Crippen LogP contribution is -2.08. The first-order valence-corrected chi connectivity index (χ1v) is 9.25. The highest BCUT2D eigenvalue weighted by molar-refractivity contribution is 6.35. The quantitative estimate of drug-likeness (QED) is 0.593. The molecule has 0 aliphatic heterocycles. The standard InChI is InChI=1S/C20H18Cl2N2O4/c1-3-28-20(26)18-15(11-25)19(12-4-7-14(27-2)8-5-12)24(23-18)17-9-6-13(21)10-16(17)22/h4-10,25H,3,11H2,1-2H3. The van der Waals surface area contributed by atoms with Crippen molar-refractivity contribution in [1.29, 1.82) is 0 Å². The normalized spacial score (nSPS) is 10.8. The van der Waals surface area contributed by atoms with E-state index in [2.05, 4.69) is 5.10 Å². The van der Waals surface area contributed by atoms with Crippen LogP contribution in [-0.4, -0.2) is 34.6 Å². The van der Waals surface area contributed by atoms with Gasteiger partial charge in [0.05, 0.1) is 36.7 Å². The SMILES string of the molecule is CCOC(=O)c1nn(-c2ccc(Cl)cc2Cl)c(-c2ccc(OC)cc2)c1CO. The van der Waals surface area contributed by atoms with E-state index >= 15 is 0 Å². The second-order valence-corrected chi connectivity index (χ2v) is 6.63. The number of carbonyl (C=O) groups is 1. The predicted octanol–water partition coefficient (Wildman–Crippen LogP) is 4.52. The molecule has 3 rings (SSSR count). The molecule has 146 valence electrons. The van der Waals surface area contributed by atoms with Crippen LogP contribution in [0.25, 0.3) is 16.9 Å². The largest absolute Gasteiger partial charge is 0.497 e. The molecule has 0 saturated heterocycles. The number of aliphatic hydroxyl groups excluding tert-OH is 1. The van der Waals surface area contributed by atoms with Crippen molar-refractivity contribution in [2.75, 3.05) is 13.7 Å². The Hall–Kier alpha value is -2.54. The van der Waals surface area contributed by atoms with Crippen LogP contribution in [0.5, 0.6) is 5.75 Å². The zero-order valence-electron chi connectivity index (χ0n) is 15.3. The molecule has 0 saturated carbocycles. The third kappa shape index (κ3) is 3.85. The number of benzene rings is 2. The van der Waals surface area contributed by atoms with Gasteiger partial charge in [-0.05, 0) is 49.4 Å². The lowest BCUT2D eigenvalue weighted by atomic mass is 10.1. The van der Waals surface area contributed by atoms with Crippen molar-refractivity contribution in [3.05, 3.63) is 63.8 Å². The fraction of sp³-hybridized carbons (Fsp3) is 0.200. The Labute approximate surface area is 172 Å². The Morgan fingerprint density at radius 2 is 1.89 bits per heavy atom. The molecule has 3 aromatic rings. The van der Waals surface area contributed by atoms with Gasteiger partial charge >= 0.3 is 5.97 Å². The minimum atomic E-state index is -0.620. The number of rotatable bonds is 6. The molecular weight excluding hydrogens is 403 g/mol. The highest BCUT2D eigenvalue weighted by Gasteiger charge is 2.26. The summed E-state index contributed by atoms with van der Waals surface area (Å²) in [6.07, 6.45) is 0. The molecule has 0 atom stereocenters. The average molecular weight is 421 g/mol. The number of hydrogen-bond donors (Lipinski definition) is 1. The Kier molecular flexibility index (Phi) is 6.24. The summed E-state index contributed by atoms with van der Waals surface area (Å²) in [5, 5.41) is 15.2. The number of aromatic nitrogens is 2. The molecule has 1 N–H and O–H groups in total. The molecule has 0 unspecified atom stereocenters. The maximum atomic E-state index is 12.4. The first-order chi connectivity index (χ1) is 13.5. The summed E-state index contributed by atoms with van der Waals surface area (Å²) in [5.74, 6) is 0.0562. The fourth-order valence-electron chi connectivity index (χ4n) is 2.84. The summed E-state index contributed by atoms with van der Waals surface area (Å²) in [6, 6.07) is 12.1. The fourth-order valence-corrected chi connectivity index (χ4v) is 3.32. The van der Waals surface area contributed by atoms with Crippen molar-refractivity contribution in [3.63, 3.8) is 0 Å². The number of hydrogen-bond acceptors (Lipinski definition) is 5. The molecule has 2 aromatic carbocycles. The van der Waals surface area contributed by atoms with Gasteiger partial charge < -0.3 is 14.6 Å². The zero-order valence-corrected chi connectivity index (χ0v) is 16.8. The molecule has 0 radical (unpaired) electrons. The number of esters is 1. The predicted molar refractivity (Wildman–Crippen MR) is 107 cm³/mol. The van der Waals surface area contributed by atoms with Gasteiger partial charge in [0.25, 0.3) is 0 Å². The molecule has 1 aromatic heterocycles. The first kappa shape index (κ1) is 20.2. The zero-order chi connectivity index (χ0) is 20.3. The van der Waals surface area contributed by atoms with Crippen molar-refractivity contribution >= 4 is 29.2 Å². The Balaban J connectivity index is 2.28. The van der Waals surface area contributed by atoms with E-state index in [-0.39, 0.29) is 12.3 Å². The monoisotopic (exact) mass is 420 g/mol. The van der Waals surface area contributed by atoms with Gasteiger partial charge in [-0.15, -0.1) is 0 Å². The van der Waals surface area contributed by atoms with E-state index in [0.29, 0.717) is 32.7 Å². The molecule has 0 aliphatic carbocycles. The summed E-state index contributed by atoms with van der Waals surface area (Å²) < 4.78 is 11.8. The van der Waals surface area contributed by atoms with Crippen LogP contribution in [-0.2, 0) is 11.3 Å². The first-order valence-electron chi connectivity index (χ1n) is 8.49. The summed E-state index contributed by atoms with van der Waals surface area (Å²) in [5.41, 5.74) is 2.13. The van der Waals surface area contributed by atoms with E-state index < -0.39 is 12.6 Å². The van der Waals surface area contributed by atoms with E-state index in [9.17, 15) is 9.90 Å². The van der Waals surface area contributed by atoms with Crippen LogP contribution in [0.15, 0.2) is 42.5 Å². The Bertz CT molecular complexity index is 1000. The topological polar surface area (TPSA) is 73.6 Å². The van der Waals surface area contributed by atoms with Gasteiger partial charge in [0, 0.05) is 16.1 Å². The van der Waals surface area contributed by atoms with Crippen LogP contribution in [0.3, 0.4) is 0 Å². The highest BCUT2D eigenvalue weighted by Crippen LogP contribution is 2.34. The number of nitrogens with zero attached hydrogens (tertiary/aromatic N) is 2. The van der Waals surface area contributed by atoms with Crippen molar-refractivity contribution in [2.45, 2.75) is 13.5 Å². The third-order valence-corrected chi connectivity index (χ3v) is 4.65. The second kappa shape index (κ2) is 8.65. The summed E-state index contributed by atoms with van der Waals surface area (Å²) in [4.78, 5) is 12.4. The van der Waals surface area contributed by atoms with Gasteiger partial charge in [0.1, 0.15) is 5.75 Å². The minimum absolute atomic E-state index is 0.0289. The summed E-state index contributed by atoms with van der Waals surface area (Å²) in [6.45, 7) is 1.49. The lowest BCUT2D eigenvalue weighted by Gasteiger charge is -2.11. The van der Waals surface area contributed by atoms with E-state index in [1.54, 1.807) is 44.4 Å². The van der Waals surface area contributed by atoms with E-state index in [1.165, 1.54) is 4.68 Å². The molecule has 28 heavy (non-hydrogen) atoms. The average Bonchev–Trinajstić information content (AvgIpc) is 3.07. The van der Waals surface area contributed by atoms with Crippen LogP contribution in [0.1, 0.15) is 23.0 Å². The van der Waals surface area contributed by atoms with Gasteiger partial charge in [-0.1, -0.05) is 23.2 Å². The maximum Gasteiger partial charge on any atom is 0.359 e. The molecular formula is C20H18Cl2N2O4. The number of ether oxygens (including phenoxy) is 2. The van der Waals surface area contributed by atoms with Crippen molar-refractivity contribution in [2.24, 2.45) is 0 Å². The highest BCUT2D eigenvalue weighted by atomic mass is 35.5. The van der Waals surface area contributed by atoms with Crippen LogP contribution >= 0.6 is 23.2 Å². The van der Waals surface area contributed by atoms with Crippen LogP contribution in [0.4, 0.5) is 0 Å². The molecule has 0 aliphatic rings. The summed E-state index contributed by atoms with van der Waals surface area (Å²) in [7, 11) is 1.57. The number of halogens is 2.